The Morgan fingerprint density at radius 3 is 2.79 bits per heavy atom. The molecule has 19 heavy (non-hydrogen) atoms. The van der Waals surface area contributed by atoms with Crippen molar-refractivity contribution in [2.24, 2.45) is 0 Å². The van der Waals surface area contributed by atoms with Crippen molar-refractivity contribution >= 4 is 11.3 Å². The number of nitrogens with one attached hydrogen (secondary N) is 1. The second-order valence-corrected chi connectivity index (χ2v) is 6.12. The molecule has 2 unspecified atom stereocenters. The van der Waals surface area contributed by atoms with Crippen molar-refractivity contribution in [3.05, 3.63) is 57.5 Å². The van der Waals surface area contributed by atoms with Crippen LogP contribution in [0.3, 0.4) is 0 Å². The summed E-state index contributed by atoms with van der Waals surface area (Å²) in [5.41, 5.74) is 2.66. The third kappa shape index (κ3) is 2.45. The monoisotopic (exact) mass is 275 g/mol. The molecular weight excluding hydrogens is 257 g/mol. The largest absolute Gasteiger partial charge is 0.312 e. The minimum atomic E-state index is -0.168. The number of aryl methyl sites for hydroxylation is 1. The Morgan fingerprint density at radius 1 is 1.26 bits per heavy atom. The second kappa shape index (κ2) is 5.43. The van der Waals surface area contributed by atoms with Crippen molar-refractivity contribution in [2.45, 2.75) is 31.2 Å². The van der Waals surface area contributed by atoms with Gasteiger partial charge >= 0.3 is 0 Å². The summed E-state index contributed by atoms with van der Waals surface area (Å²) in [6.45, 7) is 0. The SMILES string of the molecule is CNC(c1ccc(F)cc1)C1CCCc2sccc21. The van der Waals surface area contributed by atoms with Crippen LogP contribution in [-0.4, -0.2) is 7.05 Å². The van der Waals surface area contributed by atoms with Crippen LogP contribution in [0.15, 0.2) is 35.7 Å². The van der Waals surface area contributed by atoms with E-state index < -0.39 is 0 Å². The molecular formula is C16H18FNS. The zero-order chi connectivity index (χ0) is 13.2. The van der Waals surface area contributed by atoms with Gasteiger partial charge < -0.3 is 5.32 Å². The minimum Gasteiger partial charge on any atom is -0.312 e. The lowest BCUT2D eigenvalue weighted by molar-refractivity contribution is 0.427. The molecule has 1 aromatic carbocycles. The summed E-state index contributed by atoms with van der Waals surface area (Å²) < 4.78 is 13.1. The van der Waals surface area contributed by atoms with Crippen LogP contribution in [0.25, 0.3) is 0 Å². The molecule has 0 fully saturated rings. The second-order valence-electron chi connectivity index (χ2n) is 5.12. The normalized spacial score (nSPS) is 20.0. The highest BCUT2D eigenvalue weighted by atomic mass is 32.1. The van der Waals surface area contributed by atoms with Gasteiger partial charge in [0.2, 0.25) is 0 Å². The van der Waals surface area contributed by atoms with Gasteiger partial charge in [-0.2, -0.15) is 0 Å². The standard InChI is InChI=1S/C16H18FNS/c1-18-16(11-5-7-12(17)8-6-11)14-3-2-4-15-13(14)9-10-19-15/h5-10,14,16,18H,2-4H2,1H3. The van der Waals surface area contributed by atoms with Crippen LogP contribution in [0.2, 0.25) is 0 Å². The summed E-state index contributed by atoms with van der Waals surface area (Å²) in [7, 11) is 1.99. The van der Waals surface area contributed by atoms with Crippen molar-refractivity contribution in [1.82, 2.24) is 5.32 Å². The molecule has 2 atom stereocenters. The quantitative estimate of drug-likeness (QED) is 0.882. The minimum absolute atomic E-state index is 0.168. The van der Waals surface area contributed by atoms with Gasteiger partial charge in [0.25, 0.3) is 0 Å². The van der Waals surface area contributed by atoms with Crippen LogP contribution in [-0.2, 0) is 6.42 Å². The van der Waals surface area contributed by atoms with Crippen LogP contribution in [0, 0.1) is 5.82 Å². The highest BCUT2D eigenvalue weighted by Gasteiger charge is 2.28. The molecule has 1 nitrogen and oxygen atoms in total. The van der Waals surface area contributed by atoms with Gasteiger partial charge in [0.1, 0.15) is 5.82 Å². The molecule has 100 valence electrons. The number of fused-ring (bicyclic) bond motifs is 1. The molecule has 1 heterocycles. The van der Waals surface area contributed by atoms with E-state index in [4.69, 9.17) is 0 Å². The molecule has 1 aliphatic carbocycles. The average molecular weight is 275 g/mol. The Morgan fingerprint density at radius 2 is 2.05 bits per heavy atom. The Balaban J connectivity index is 1.94. The van der Waals surface area contributed by atoms with Gasteiger partial charge in [0.15, 0.2) is 0 Å². The van der Waals surface area contributed by atoms with Crippen LogP contribution < -0.4 is 5.32 Å². The highest BCUT2D eigenvalue weighted by Crippen LogP contribution is 2.42. The van der Waals surface area contributed by atoms with E-state index in [0.717, 1.165) is 0 Å². The summed E-state index contributed by atoms with van der Waals surface area (Å²) in [6, 6.07) is 9.44. The summed E-state index contributed by atoms with van der Waals surface area (Å²) in [5, 5.41) is 5.62. The van der Waals surface area contributed by atoms with Crippen molar-refractivity contribution in [3.8, 4) is 0 Å². The van der Waals surface area contributed by atoms with Crippen LogP contribution in [0.5, 0.6) is 0 Å². The van der Waals surface area contributed by atoms with E-state index in [0.29, 0.717) is 5.92 Å². The molecule has 3 rings (SSSR count). The van der Waals surface area contributed by atoms with Crippen LogP contribution in [0.1, 0.15) is 40.8 Å². The number of likely N-dealkylation sites (N-methyl/N-ethyl adjacent to an activating group) is 1. The maximum atomic E-state index is 13.1. The van der Waals surface area contributed by atoms with E-state index in [1.54, 1.807) is 12.1 Å². The average Bonchev–Trinajstić information content (AvgIpc) is 2.91. The van der Waals surface area contributed by atoms with Gasteiger partial charge in [0.05, 0.1) is 0 Å². The van der Waals surface area contributed by atoms with Crippen molar-refractivity contribution in [1.29, 1.82) is 0 Å². The molecule has 0 spiro atoms. The first-order valence-electron chi connectivity index (χ1n) is 6.78. The zero-order valence-electron chi connectivity index (χ0n) is 11.0. The van der Waals surface area contributed by atoms with E-state index in [2.05, 4.69) is 16.8 Å². The Bertz CT molecular complexity index is 546. The molecule has 0 amide bonds. The van der Waals surface area contributed by atoms with Crippen molar-refractivity contribution < 1.29 is 4.39 Å². The van der Waals surface area contributed by atoms with E-state index in [1.165, 1.54) is 35.3 Å². The van der Waals surface area contributed by atoms with Gasteiger partial charge in [-0.15, -0.1) is 11.3 Å². The number of thiophene rings is 1. The Hall–Kier alpha value is -1.19. The number of rotatable bonds is 3. The highest BCUT2D eigenvalue weighted by molar-refractivity contribution is 7.10. The number of hydrogen-bond acceptors (Lipinski definition) is 2. The number of benzene rings is 1. The first-order chi connectivity index (χ1) is 9.29. The topological polar surface area (TPSA) is 12.0 Å². The fourth-order valence-corrected chi connectivity index (χ4v) is 4.14. The van der Waals surface area contributed by atoms with Gasteiger partial charge in [-0.25, -0.2) is 4.39 Å². The van der Waals surface area contributed by atoms with Crippen LogP contribution >= 0.6 is 11.3 Å². The molecule has 1 N–H and O–H groups in total. The summed E-state index contributed by atoms with van der Waals surface area (Å²) in [4.78, 5) is 1.53. The third-order valence-corrected chi connectivity index (χ3v) is 5.04. The zero-order valence-corrected chi connectivity index (χ0v) is 11.8. The van der Waals surface area contributed by atoms with Crippen molar-refractivity contribution in [3.63, 3.8) is 0 Å². The molecule has 0 saturated carbocycles. The summed E-state index contributed by atoms with van der Waals surface area (Å²) >= 11 is 1.87. The van der Waals surface area contributed by atoms with Crippen LogP contribution in [0.4, 0.5) is 4.39 Å². The predicted octanol–water partition coefficient (Wildman–Crippen LogP) is 4.27. The first kappa shape index (κ1) is 12.8. The van der Waals surface area contributed by atoms with E-state index in [1.807, 2.05) is 30.5 Å². The Kier molecular flexibility index (Phi) is 3.67. The molecule has 1 aromatic heterocycles. The Labute approximate surface area is 117 Å². The molecule has 3 heteroatoms. The summed E-state index contributed by atoms with van der Waals surface area (Å²) in [6.07, 6.45) is 3.66. The molecule has 2 aromatic rings. The fraction of sp³-hybridized carbons (Fsp3) is 0.375. The lowest BCUT2D eigenvalue weighted by Gasteiger charge is -2.31. The van der Waals surface area contributed by atoms with E-state index in [-0.39, 0.29) is 11.9 Å². The molecule has 0 bridgehead atoms. The summed E-state index contributed by atoms with van der Waals surface area (Å²) in [5.74, 6) is 0.337. The predicted molar refractivity (Wildman–Crippen MR) is 78.2 cm³/mol. The first-order valence-corrected chi connectivity index (χ1v) is 7.66. The lowest BCUT2D eigenvalue weighted by Crippen LogP contribution is -2.26. The number of halogens is 1. The van der Waals surface area contributed by atoms with E-state index in [9.17, 15) is 4.39 Å². The molecule has 1 aliphatic rings. The van der Waals surface area contributed by atoms with Gasteiger partial charge in [-0.1, -0.05) is 12.1 Å². The maximum absolute atomic E-state index is 13.1. The van der Waals surface area contributed by atoms with Gasteiger partial charge in [-0.3, -0.25) is 0 Å². The van der Waals surface area contributed by atoms with E-state index >= 15 is 0 Å². The van der Waals surface area contributed by atoms with Crippen molar-refractivity contribution in [2.75, 3.05) is 7.05 Å². The molecule has 0 aliphatic heterocycles. The van der Waals surface area contributed by atoms with Gasteiger partial charge in [0, 0.05) is 16.8 Å². The smallest absolute Gasteiger partial charge is 0.123 e. The molecule has 0 saturated heterocycles. The fourth-order valence-electron chi connectivity index (χ4n) is 3.14. The van der Waals surface area contributed by atoms with Gasteiger partial charge in [-0.05, 0) is 61.0 Å². The molecule has 0 radical (unpaired) electrons. The number of hydrogen-bond donors (Lipinski definition) is 1. The third-order valence-electron chi connectivity index (χ3n) is 4.04. The lowest BCUT2D eigenvalue weighted by atomic mass is 9.80. The maximum Gasteiger partial charge on any atom is 0.123 e.